The molecule has 0 aliphatic carbocycles. The number of hydrogen-bond acceptors (Lipinski definition) is 4. The molecule has 1 fully saturated rings. The lowest BCUT2D eigenvalue weighted by Crippen LogP contribution is -2.53. The van der Waals surface area contributed by atoms with Crippen molar-refractivity contribution < 1.29 is 24.2 Å². The molecule has 3 amide bonds. The molecule has 1 rings (SSSR count). The van der Waals surface area contributed by atoms with E-state index in [9.17, 15) is 14.4 Å². The summed E-state index contributed by atoms with van der Waals surface area (Å²) < 4.78 is 5.33. The first-order valence-electron chi connectivity index (χ1n) is 7.11. The van der Waals surface area contributed by atoms with Gasteiger partial charge in [0.25, 0.3) is 0 Å². The molecule has 0 aromatic heterocycles. The van der Waals surface area contributed by atoms with Gasteiger partial charge in [-0.25, -0.2) is 4.79 Å². The molecule has 0 saturated carbocycles. The molecule has 8 nitrogen and oxygen atoms in total. The number of likely N-dealkylation sites (N-methyl/N-ethyl adjacent to an activating group) is 2. The molecule has 120 valence electrons. The maximum atomic E-state index is 12.4. The van der Waals surface area contributed by atoms with E-state index in [-0.39, 0.29) is 31.4 Å². The van der Waals surface area contributed by atoms with Crippen molar-refractivity contribution in [2.75, 3.05) is 39.3 Å². The van der Waals surface area contributed by atoms with Crippen LogP contribution < -0.4 is 5.32 Å². The Hall–Kier alpha value is -1.83. The number of rotatable bonds is 6. The summed E-state index contributed by atoms with van der Waals surface area (Å²) in [5.41, 5.74) is 0. The van der Waals surface area contributed by atoms with E-state index in [2.05, 4.69) is 5.32 Å². The number of nitrogens with zero attached hydrogens (tertiary/aromatic N) is 2. The van der Waals surface area contributed by atoms with Crippen LogP contribution >= 0.6 is 0 Å². The van der Waals surface area contributed by atoms with Crippen molar-refractivity contribution in [1.82, 2.24) is 15.1 Å². The summed E-state index contributed by atoms with van der Waals surface area (Å²) in [5, 5.41) is 11.4. The topological polar surface area (TPSA) is 99.2 Å². The van der Waals surface area contributed by atoms with E-state index < -0.39 is 12.1 Å². The van der Waals surface area contributed by atoms with E-state index in [4.69, 9.17) is 9.84 Å². The van der Waals surface area contributed by atoms with Gasteiger partial charge in [-0.2, -0.15) is 0 Å². The quantitative estimate of drug-likeness (QED) is 0.704. The Labute approximate surface area is 124 Å². The van der Waals surface area contributed by atoms with Crippen LogP contribution in [0.5, 0.6) is 0 Å². The summed E-state index contributed by atoms with van der Waals surface area (Å²) in [4.78, 5) is 37.6. The summed E-state index contributed by atoms with van der Waals surface area (Å²) in [6, 6.07) is -0.262. The number of carbonyl (C=O) groups is 3. The molecule has 0 spiro atoms. The Balaban J connectivity index is 2.58. The highest BCUT2D eigenvalue weighted by molar-refractivity contribution is 5.84. The zero-order valence-corrected chi connectivity index (χ0v) is 12.5. The first-order chi connectivity index (χ1) is 9.97. The van der Waals surface area contributed by atoms with Gasteiger partial charge in [-0.3, -0.25) is 9.59 Å². The second-order valence-corrected chi connectivity index (χ2v) is 4.79. The van der Waals surface area contributed by atoms with Crippen molar-refractivity contribution in [3.63, 3.8) is 0 Å². The molecule has 1 atom stereocenters. The van der Waals surface area contributed by atoms with Gasteiger partial charge >= 0.3 is 12.0 Å². The van der Waals surface area contributed by atoms with Crippen LogP contribution in [-0.4, -0.2) is 78.2 Å². The minimum atomic E-state index is -0.955. The number of carboxylic acids is 1. The summed E-state index contributed by atoms with van der Waals surface area (Å²) in [6.45, 7) is 5.49. The van der Waals surface area contributed by atoms with Crippen LogP contribution in [0.4, 0.5) is 4.79 Å². The summed E-state index contributed by atoms with van der Waals surface area (Å²) in [7, 11) is 0. The molecule has 1 aliphatic heterocycles. The fourth-order valence-corrected chi connectivity index (χ4v) is 2.15. The molecule has 21 heavy (non-hydrogen) atoms. The second kappa shape index (κ2) is 8.46. The molecule has 0 aromatic carbocycles. The predicted octanol–water partition coefficient (Wildman–Crippen LogP) is -0.260. The molecular weight excluding hydrogens is 278 g/mol. The molecule has 1 aliphatic rings. The third-order valence-electron chi connectivity index (χ3n) is 3.17. The number of amides is 3. The van der Waals surface area contributed by atoms with Crippen molar-refractivity contribution in [3.05, 3.63) is 0 Å². The first kappa shape index (κ1) is 17.2. The predicted molar refractivity (Wildman–Crippen MR) is 74.9 cm³/mol. The van der Waals surface area contributed by atoms with Gasteiger partial charge < -0.3 is 25.0 Å². The van der Waals surface area contributed by atoms with Crippen LogP contribution in [0.2, 0.25) is 0 Å². The van der Waals surface area contributed by atoms with Gasteiger partial charge in [-0.15, -0.1) is 0 Å². The van der Waals surface area contributed by atoms with Crippen LogP contribution in [-0.2, 0) is 14.3 Å². The lowest BCUT2D eigenvalue weighted by molar-refractivity contribution is -0.141. The van der Waals surface area contributed by atoms with Crippen molar-refractivity contribution in [2.24, 2.45) is 0 Å². The second-order valence-electron chi connectivity index (χ2n) is 4.79. The lowest BCUT2D eigenvalue weighted by atomic mass is 10.2. The molecule has 0 radical (unpaired) electrons. The standard InChI is InChI=1S/C13H23N3O5/c1-3-14-11(17)9-15(4-2)13(20)16-5-6-21-10(8-16)7-12(18)19/h10H,3-9H2,1-2H3,(H,14,17)(H,18,19). The molecule has 8 heteroatoms. The van der Waals surface area contributed by atoms with E-state index in [1.54, 1.807) is 11.8 Å². The fourth-order valence-electron chi connectivity index (χ4n) is 2.15. The van der Waals surface area contributed by atoms with Gasteiger partial charge in [0, 0.05) is 26.2 Å². The summed E-state index contributed by atoms with van der Waals surface area (Å²) in [6.07, 6.45) is -0.630. The molecule has 0 aromatic rings. The van der Waals surface area contributed by atoms with Crippen LogP contribution in [0.15, 0.2) is 0 Å². The van der Waals surface area contributed by atoms with E-state index in [1.807, 2.05) is 6.92 Å². The van der Waals surface area contributed by atoms with Crippen molar-refractivity contribution in [3.8, 4) is 0 Å². The van der Waals surface area contributed by atoms with Gasteiger partial charge in [-0.05, 0) is 13.8 Å². The minimum Gasteiger partial charge on any atom is -0.481 e. The highest BCUT2D eigenvalue weighted by atomic mass is 16.5. The number of aliphatic carboxylic acids is 1. The number of carboxylic acid groups (broad SMARTS) is 1. The number of ether oxygens (including phenoxy) is 1. The Morgan fingerprint density at radius 3 is 2.67 bits per heavy atom. The number of nitrogens with one attached hydrogen (secondary N) is 1. The Morgan fingerprint density at radius 1 is 1.38 bits per heavy atom. The third kappa shape index (κ3) is 5.58. The smallest absolute Gasteiger partial charge is 0.320 e. The third-order valence-corrected chi connectivity index (χ3v) is 3.17. The van der Waals surface area contributed by atoms with Crippen LogP contribution in [0.25, 0.3) is 0 Å². The average Bonchev–Trinajstić information content (AvgIpc) is 2.44. The highest BCUT2D eigenvalue weighted by Gasteiger charge is 2.28. The Morgan fingerprint density at radius 2 is 2.10 bits per heavy atom. The molecule has 1 heterocycles. The molecule has 1 saturated heterocycles. The largest absolute Gasteiger partial charge is 0.481 e. The maximum Gasteiger partial charge on any atom is 0.320 e. The Bertz CT molecular complexity index is 388. The van der Waals surface area contributed by atoms with Gasteiger partial charge in [0.1, 0.15) is 6.54 Å². The fraction of sp³-hybridized carbons (Fsp3) is 0.769. The van der Waals surface area contributed by atoms with E-state index in [0.717, 1.165) is 0 Å². The minimum absolute atomic E-state index is 0.00409. The average molecular weight is 301 g/mol. The molecule has 1 unspecified atom stereocenters. The van der Waals surface area contributed by atoms with Crippen molar-refractivity contribution in [2.45, 2.75) is 26.4 Å². The van der Waals surface area contributed by atoms with E-state index in [1.165, 1.54) is 4.90 Å². The Kier molecular flexibility index (Phi) is 6.93. The van der Waals surface area contributed by atoms with Gasteiger partial charge in [-0.1, -0.05) is 0 Å². The highest BCUT2D eigenvalue weighted by Crippen LogP contribution is 2.11. The first-order valence-corrected chi connectivity index (χ1v) is 7.11. The van der Waals surface area contributed by atoms with Gasteiger partial charge in [0.05, 0.1) is 19.1 Å². The molecule has 0 bridgehead atoms. The normalized spacial score (nSPS) is 18.2. The zero-order chi connectivity index (χ0) is 15.8. The SMILES string of the molecule is CCNC(=O)CN(CC)C(=O)N1CCOC(CC(=O)O)C1. The molecular formula is C13H23N3O5. The summed E-state index contributed by atoms with van der Waals surface area (Å²) >= 11 is 0. The van der Waals surface area contributed by atoms with Crippen LogP contribution in [0.1, 0.15) is 20.3 Å². The zero-order valence-electron chi connectivity index (χ0n) is 12.5. The van der Waals surface area contributed by atoms with Crippen LogP contribution in [0.3, 0.4) is 0 Å². The maximum absolute atomic E-state index is 12.4. The van der Waals surface area contributed by atoms with Gasteiger partial charge in [0.15, 0.2) is 0 Å². The van der Waals surface area contributed by atoms with Gasteiger partial charge in [0.2, 0.25) is 5.91 Å². The molecule has 2 N–H and O–H groups in total. The van der Waals surface area contributed by atoms with Crippen molar-refractivity contribution in [1.29, 1.82) is 0 Å². The number of urea groups is 1. The number of carbonyl (C=O) groups excluding carboxylic acids is 2. The van der Waals surface area contributed by atoms with Crippen LogP contribution in [0, 0.1) is 0 Å². The number of morpholine rings is 1. The summed E-state index contributed by atoms with van der Waals surface area (Å²) in [5.74, 6) is -1.16. The number of hydrogen-bond donors (Lipinski definition) is 2. The van der Waals surface area contributed by atoms with E-state index in [0.29, 0.717) is 26.2 Å². The van der Waals surface area contributed by atoms with E-state index >= 15 is 0 Å². The monoisotopic (exact) mass is 301 g/mol. The van der Waals surface area contributed by atoms with Crippen molar-refractivity contribution >= 4 is 17.9 Å². The lowest BCUT2D eigenvalue weighted by Gasteiger charge is -2.35.